The van der Waals surface area contributed by atoms with Crippen molar-refractivity contribution in [1.29, 1.82) is 0 Å². The minimum Gasteiger partial charge on any atom is -0.390 e. The van der Waals surface area contributed by atoms with E-state index in [9.17, 15) is 23.4 Å². The molecule has 5 rings (SSSR count). The van der Waals surface area contributed by atoms with E-state index in [4.69, 9.17) is 0 Å². The lowest BCUT2D eigenvalue weighted by atomic mass is 9.43. The van der Waals surface area contributed by atoms with Crippen molar-refractivity contribution in [2.75, 3.05) is 0 Å². The fraction of sp³-hybridized carbons (Fsp3) is 1.00. The number of rotatable bonds is 4. The topological polar surface area (TPSA) is 40.5 Å². The lowest BCUT2D eigenvalue weighted by Crippen LogP contribution is -2.59. The average Bonchev–Trinajstić information content (AvgIpc) is 3.19. The molecule has 0 aromatic carbocycles. The van der Waals surface area contributed by atoms with Gasteiger partial charge in [-0.1, -0.05) is 41.5 Å². The van der Waals surface area contributed by atoms with E-state index in [0.717, 1.165) is 57.8 Å². The van der Waals surface area contributed by atoms with Gasteiger partial charge in [0, 0.05) is 0 Å². The van der Waals surface area contributed by atoms with Crippen LogP contribution in [-0.2, 0) is 0 Å². The molecular weight excluding hydrogens is 497 g/mol. The van der Waals surface area contributed by atoms with E-state index in [0.29, 0.717) is 52.8 Å². The Bertz CT molecular complexity index is 886. The fourth-order valence-corrected chi connectivity index (χ4v) is 11.4. The molecule has 5 fully saturated rings. The first-order chi connectivity index (χ1) is 17.9. The molecule has 0 heterocycles. The molecule has 5 aliphatic carbocycles. The number of alkyl halides is 3. The van der Waals surface area contributed by atoms with Crippen molar-refractivity contribution in [1.82, 2.24) is 0 Å². The summed E-state index contributed by atoms with van der Waals surface area (Å²) in [7, 11) is 0. The largest absolute Gasteiger partial charge is 0.417 e. The lowest BCUT2D eigenvalue weighted by molar-refractivity contribution is -0.290. The Morgan fingerprint density at radius 2 is 1.41 bits per heavy atom. The van der Waals surface area contributed by atoms with E-state index in [-0.39, 0.29) is 24.2 Å². The summed E-state index contributed by atoms with van der Waals surface area (Å²) in [4.78, 5) is 0. The molecule has 0 aliphatic heterocycles. The van der Waals surface area contributed by atoms with Crippen LogP contribution >= 0.6 is 0 Å². The maximum Gasteiger partial charge on any atom is 0.417 e. The first-order valence-corrected chi connectivity index (χ1v) is 16.4. The molecular formula is C34H57F3O2. The molecule has 5 saturated carbocycles. The van der Waals surface area contributed by atoms with Gasteiger partial charge in [-0.2, -0.15) is 13.2 Å². The summed E-state index contributed by atoms with van der Waals surface area (Å²) in [6, 6.07) is 0. The highest BCUT2D eigenvalue weighted by Gasteiger charge is 2.65. The predicted molar refractivity (Wildman–Crippen MR) is 151 cm³/mol. The van der Waals surface area contributed by atoms with Crippen molar-refractivity contribution in [3.63, 3.8) is 0 Å². The van der Waals surface area contributed by atoms with Crippen LogP contribution < -0.4 is 0 Å². The van der Waals surface area contributed by atoms with Crippen molar-refractivity contribution in [3.05, 3.63) is 0 Å². The summed E-state index contributed by atoms with van der Waals surface area (Å²) >= 11 is 0. The third-order valence-corrected chi connectivity index (χ3v) is 14.2. The van der Waals surface area contributed by atoms with E-state index < -0.39 is 17.4 Å². The van der Waals surface area contributed by atoms with Gasteiger partial charge in [-0.15, -0.1) is 0 Å². The van der Waals surface area contributed by atoms with Gasteiger partial charge >= 0.3 is 6.18 Å². The van der Waals surface area contributed by atoms with E-state index in [1.54, 1.807) is 0 Å². The molecule has 0 bridgehead atoms. The Balaban J connectivity index is 1.22. The van der Waals surface area contributed by atoms with Crippen molar-refractivity contribution in [2.45, 2.75) is 155 Å². The van der Waals surface area contributed by atoms with E-state index in [1.807, 2.05) is 0 Å². The summed E-state index contributed by atoms with van der Waals surface area (Å²) in [5.74, 6) is 3.78. The van der Waals surface area contributed by atoms with Gasteiger partial charge in [0.1, 0.15) is 0 Å². The Hall–Kier alpha value is -0.290. The molecule has 9 atom stereocenters. The first-order valence-electron chi connectivity index (χ1n) is 16.4. The highest BCUT2D eigenvalue weighted by molar-refractivity contribution is 5.11. The van der Waals surface area contributed by atoms with Gasteiger partial charge < -0.3 is 10.2 Å². The zero-order valence-corrected chi connectivity index (χ0v) is 25.7. The summed E-state index contributed by atoms with van der Waals surface area (Å²) in [6.45, 7) is 14.3. The Morgan fingerprint density at radius 1 is 0.769 bits per heavy atom. The quantitative estimate of drug-likeness (QED) is 0.363. The van der Waals surface area contributed by atoms with E-state index in [1.165, 1.54) is 19.3 Å². The fourth-order valence-electron chi connectivity index (χ4n) is 11.4. The maximum atomic E-state index is 13.7. The van der Waals surface area contributed by atoms with Crippen LogP contribution in [0.3, 0.4) is 0 Å². The molecule has 0 aromatic heterocycles. The summed E-state index contributed by atoms with van der Waals surface area (Å²) in [5.41, 5.74) is -2.40. The van der Waals surface area contributed by atoms with Gasteiger partial charge in [0.2, 0.25) is 0 Å². The third-order valence-electron chi connectivity index (χ3n) is 14.2. The van der Waals surface area contributed by atoms with Crippen molar-refractivity contribution < 1.29 is 23.4 Å². The molecule has 0 saturated heterocycles. The number of hydrogen-bond donors (Lipinski definition) is 2. The molecule has 1 unspecified atom stereocenters. The Labute approximate surface area is 236 Å². The number of halogens is 3. The van der Waals surface area contributed by atoms with Crippen LogP contribution in [0.4, 0.5) is 13.2 Å². The van der Waals surface area contributed by atoms with Crippen LogP contribution in [0.1, 0.15) is 138 Å². The molecule has 0 amide bonds. The molecule has 2 nitrogen and oxygen atoms in total. The third kappa shape index (κ3) is 5.14. The number of fused-ring (bicyclic) bond motifs is 5. The molecule has 5 heteroatoms. The van der Waals surface area contributed by atoms with Gasteiger partial charge in [-0.05, 0) is 154 Å². The van der Waals surface area contributed by atoms with Gasteiger partial charge in [0.05, 0.1) is 5.60 Å². The second-order valence-corrected chi connectivity index (χ2v) is 17.0. The second-order valence-electron chi connectivity index (χ2n) is 17.0. The first kappa shape index (κ1) is 30.2. The van der Waals surface area contributed by atoms with Crippen LogP contribution in [0.15, 0.2) is 0 Å². The summed E-state index contributed by atoms with van der Waals surface area (Å²) < 4.78 is 41.1. The van der Waals surface area contributed by atoms with Crippen LogP contribution in [0.25, 0.3) is 0 Å². The van der Waals surface area contributed by atoms with E-state index in [2.05, 4.69) is 41.5 Å². The van der Waals surface area contributed by atoms with Crippen molar-refractivity contribution in [2.24, 2.45) is 57.7 Å². The number of hydrogen-bond acceptors (Lipinski definition) is 2. The van der Waals surface area contributed by atoms with E-state index >= 15 is 0 Å². The Morgan fingerprint density at radius 3 is 2.03 bits per heavy atom. The molecule has 0 aromatic rings. The molecule has 39 heavy (non-hydrogen) atoms. The molecule has 0 spiro atoms. The van der Waals surface area contributed by atoms with Crippen LogP contribution in [0.5, 0.6) is 0 Å². The van der Waals surface area contributed by atoms with Crippen LogP contribution in [0, 0.1) is 57.7 Å². The summed E-state index contributed by atoms with van der Waals surface area (Å²) in [6.07, 6.45) is 8.68. The smallest absolute Gasteiger partial charge is 0.390 e. The normalized spacial score (nSPS) is 49.6. The lowest BCUT2D eigenvalue weighted by Gasteiger charge is -2.62. The highest BCUT2D eigenvalue weighted by Crippen LogP contribution is 2.69. The van der Waals surface area contributed by atoms with Crippen LogP contribution in [-0.4, -0.2) is 27.6 Å². The number of aliphatic hydroxyl groups is 2. The predicted octanol–water partition coefficient (Wildman–Crippen LogP) is 9.32. The molecule has 5 aliphatic rings. The molecule has 2 N–H and O–H groups in total. The molecule has 226 valence electrons. The minimum atomic E-state index is -4.52. The maximum absolute atomic E-state index is 13.7. The monoisotopic (exact) mass is 554 g/mol. The highest BCUT2D eigenvalue weighted by atomic mass is 19.4. The van der Waals surface area contributed by atoms with Gasteiger partial charge in [-0.3, -0.25) is 0 Å². The van der Waals surface area contributed by atoms with Crippen molar-refractivity contribution >= 4 is 0 Å². The van der Waals surface area contributed by atoms with Gasteiger partial charge in [0.25, 0.3) is 0 Å². The average molecular weight is 555 g/mol. The second kappa shape index (κ2) is 9.88. The van der Waals surface area contributed by atoms with Gasteiger partial charge in [-0.25, -0.2) is 0 Å². The zero-order valence-electron chi connectivity index (χ0n) is 25.7. The minimum absolute atomic E-state index is 0.0197. The Kier molecular flexibility index (Phi) is 7.65. The van der Waals surface area contributed by atoms with Gasteiger partial charge in [0.15, 0.2) is 5.60 Å². The summed E-state index contributed by atoms with van der Waals surface area (Å²) in [5, 5.41) is 21.9. The zero-order chi connectivity index (χ0) is 28.6. The standard InChI is InChI=1S/C34H57F3O2/c1-22(11-16-32(38)17-12-23(13-18-32)29(2,3)4)26-9-10-27-25-8-7-24-21-33(39,34(35,36)37)20-19-30(24,5)28(25)14-15-31(26,27)6/h22-28,38-39H,7-21H2,1-6H3/t22-,23?,24?,25+,26-,27+,28+,30+,31-,32?,33+/m1/s1. The SMILES string of the molecule is C[C@H](CCC1(O)CCC(C(C)(C)C)CC1)[C@H]1CC[C@H]2[C@@H]3CCC4C[C@](O)(C(F)(F)F)CC[C@]4(C)[C@H]3CC[C@]12C. The van der Waals surface area contributed by atoms with Crippen molar-refractivity contribution in [3.8, 4) is 0 Å². The van der Waals surface area contributed by atoms with Crippen LogP contribution in [0.2, 0.25) is 0 Å². The molecule has 0 radical (unpaired) electrons.